The minimum absolute atomic E-state index is 0.176. The second kappa shape index (κ2) is 6.22. The number of fused-ring (bicyclic) bond motifs is 1. The van der Waals surface area contributed by atoms with Crippen LogP contribution < -0.4 is 14.8 Å². The lowest BCUT2D eigenvalue weighted by atomic mass is 10.2. The van der Waals surface area contributed by atoms with E-state index >= 15 is 0 Å². The van der Waals surface area contributed by atoms with Crippen molar-refractivity contribution in [2.75, 3.05) is 6.79 Å². The molecule has 7 heteroatoms. The summed E-state index contributed by atoms with van der Waals surface area (Å²) in [5.74, 6) is 1.22. The van der Waals surface area contributed by atoms with Gasteiger partial charge in [0.2, 0.25) is 6.79 Å². The Hall–Kier alpha value is -2.44. The number of carbonyl (C=O) groups is 1. The summed E-state index contributed by atoms with van der Waals surface area (Å²) in [7, 11) is 0. The quantitative estimate of drug-likeness (QED) is 0.825. The van der Waals surface area contributed by atoms with E-state index in [-0.39, 0.29) is 12.7 Å². The van der Waals surface area contributed by atoms with Gasteiger partial charge in [0.1, 0.15) is 0 Å². The number of benzene rings is 2. The molecule has 0 radical (unpaired) electrons. The average Bonchev–Trinajstić information content (AvgIpc) is 3.16. The molecule has 24 heavy (non-hydrogen) atoms. The van der Waals surface area contributed by atoms with E-state index in [2.05, 4.69) is 10.3 Å². The normalized spacial score (nSPS) is 19.1. The second-order valence-electron chi connectivity index (χ2n) is 5.07. The van der Waals surface area contributed by atoms with Crippen LogP contribution >= 0.6 is 23.4 Å². The summed E-state index contributed by atoms with van der Waals surface area (Å²) in [4.78, 5) is 17.1. The van der Waals surface area contributed by atoms with Gasteiger partial charge in [0.05, 0.1) is 10.6 Å². The molecule has 0 bridgehead atoms. The summed E-state index contributed by atoms with van der Waals surface area (Å²) < 4.78 is 10.6. The fourth-order valence-electron chi connectivity index (χ4n) is 2.27. The van der Waals surface area contributed by atoms with Crippen molar-refractivity contribution < 1.29 is 14.3 Å². The van der Waals surface area contributed by atoms with Crippen LogP contribution in [0.5, 0.6) is 11.5 Å². The van der Waals surface area contributed by atoms with Crippen LogP contribution in [0.25, 0.3) is 6.08 Å². The van der Waals surface area contributed by atoms with Gasteiger partial charge < -0.3 is 14.8 Å². The van der Waals surface area contributed by atoms with E-state index < -0.39 is 0 Å². The molecule has 1 fully saturated rings. The Morgan fingerprint density at radius 1 is 1.12 bits per heavy atom. The predicted octanol–water partition coefficient (Wildman–Crippen LogP) is 3.96. The van der Waals surface area contributed by atoms with Crippen LogP contribution in [0.4, 0.5) is 5.69 Å². The van der Waals surface area contributed by atoms with E-state index in [1.54, 1.807) is 30.3 Å². The molecule has 120 valence electrons. The maximum Gasteiger partial charge on any atom is 0.264 e. The zero-order valence-corrected chi connectivity index (χ0v) is 13.9. The van der Waals surface area contributed by atoms with Crippen LogP contribution in [0.1, 0.15) is 5.56 Å². The lowest BCUT2D eigenvalue weighted by Gasteiger charge is -1.98. The first-order valence-electron chi connectivity index (χ1n) is 7.12. The van der Waals surface area contributed by atoms with Crippen molar-refractivity contribution in [3.63, 3.8) is 0 Å². The van der Waals surface area contributed by atoms with Crippen molar-refractivity contribution >= 4 is 46.2 Å². The number of rotatable bonds is 2. The standard InChI is InChI=1S/C17H11ClN2O3S/c18-11-2-4-12(5-3-11)19-17-20-16(21)15(24-17)8-10-1-6-13-14(7-10)23-9-22-13/h1-8H,9H2,(H,19,20,21)/b15-8+. The number of nitrogens with one attached hydrogen (secondary N) is 1. The van der Waals surface area contributed by atoms with Crippen LogP contribution in [0.3, 0.4) is 0 Å². The first-order chi connectivity index (χ1) is 11.7. The molecule has 0 unspecified atom stereocenters. The van der Waals surface area contributed by atoms with E-state index in [1.807, 2.05) is 18.2 Å². The highest BCUT2D eigenvalue weighted by Crippen LogP contribution is 2.34. The Kier molecular flexibility index (Phi) is 3.92. The molecule has 1 amide bonds. The number of carbonyl (C=O) groups excluding carboxylic acids is 1. The third-order valence-electron chi connectivity index (χ3n) is 3.40. The summed E-state index contributed by atoms with van der Waals surface area (Å²) >= 11 is 7.14. The molecule has 1 saturated heterocycles. The Bertz CT molecular complexity index is 878. The predicted molar refractivity (Wildman–Crippen MR) is 94.8 cm³/mol. The Labute approximate surface area is 147 Å². The fraction of sp³-hybridized carbons (Fsp3) is 0.0588. The molecule has 0 atom stereocenters. The van der Waals surface area contributed by atoms with Gasteiger partial charge in [-0.15, -0.1) is 0 Å². The largest absolute Gasteiger partial charge is 0.454 e. The molecule has 2 aliphatic heterocycles. The van der Waals surface area contributed by atoms with E-state index in [9.17, 15) is 4.79 Å². The number of amidine groups is 1. The maximum atomic E-state index is 12.1. The highest BCUT2D eigenvalue weighted by Gasteiger charge is 2.24. The molecular formula is C17H11ClN2O3S. The first kappa shape index (κ1) is 15.1. The molecule has 0 saturated carbocycles. The van der Waals surface area contributed by atoms with Gasteiger partial charge in [-0.05, 0) is 59.8 Å². The van der Waals surface area contributed by atoms with Crippen molar-refractivity contribution in [2.24, 2.45) is 4.99 Å². The highest BCUT2D eigenvalue weighted by molar-refractivity contribution is 8.18. The van der Waals surface area contributed by atoms with Gasteiger partial charge in [-0.1, -0.05) is 17.7 Å². The SMILES string of the molecule is O=C1NC(=Nc2ccc(Cl)cc2)S/C1=C/c1ccc2c(c1)OCO2. The van der Waals surface area contributed by atoms with Crippen molar-refractivity contribution in [3.8, 4) is 11.5 Å². The van der Waals surface area contributed by atoms with Gasteiger partial charge in [-0.3, -0.25) is 4.79 Å². The lowest BCUT2D eigenvalue weighted by Crippen LogP contribution is -2.19. The topological polar surface area (TPSA) is 59.9 Å². The van der Waals surface area contributed by atoms with E-state index in [1.165, 1.54) is 11.8 Å². The Morgan fingerprint density at radius 2 is 1.92 bits per heavy atom. The van der Waals surface area contributed by atoms with Crippen LogP contribution in [-0.2, 0) is 4.79 Å². The number of halogens is 1. The molecule has 4 rings (SSSR count). The second-order valence-corrected chi connectivity index (χ2v) is 6.54. The van der Waals surface area contributed by atoms with Gasteiger partial charge in [0, 0.05) is 5.02 Å². The number of ether oxygens (including phenoxy) is 2. The number of amides is 1. The van der Waals surface area contributed by atoms with Gasteiger partial charge in [-0.25, -0.2) is 4.99 Å². The summed E-state index contributed by atoms with van der Waals surface area (Å²) in [5.41, 5.74) is 1.59. The number of hydrogen-bond donors (Lipinski definition) is 1. The zero-order valence-electron chi connectivity index (χ0n) is 12.3. The Morgan fingerprint density at radius 3 is 2.75 bits per heavy atom. The minimum atomic E-state index is -0.176. The summed E-state index contributed by atoms with van der Waals surface area (Å²) in [6, 6.07) is 12.6. The van der Waals surface area contributed by atoms with Crippen LogP contribution in [0.15, 0.2) is 52.4 Å². The van der Waals surface area contributed by atoms with Crippen LogP contribution in [0.2, 0.25) is 5.02 Å². The van der Waals surface area contributed by atoms with E-state index in [0.717, 1.165) is 11.3 Å². The van der Waals surface area contributed by atoms with Gasteiger partial charge in [-0.2, -0.15) is 0 Å². The lowest BCUT2D eigenvalue weighted by molar-refractivity contribution is -0.115. The third kappa shape index (κ3) is 3.11. The summed E-state index contributed by atoms with van der Waals surface area (Å²) in [6.07, 6.45) is 1.80. The first-order valence-corrected chi connectivity index (χ1v) is 8.32. The summed E-state index contributed by atoms with van der Waals surface area (Å²) in [6.45, 7) is 0.225. The molecule has 0 aromatic heterocycles. The van der Waals surface area contributed by atoms with Gasteiger partial charge in [0.25, 0.3) is 5.91 Å². The zero-order chi connectivity index (χ0) is 16.5. The van der Waals surface area contributed by atoms with Crippen molar-refractivity contribution in [1.29, 1.82) is 0 Å². The molecule has 5 nitrogen and oxygen atoms in total. The molecule has 0 aliphatic carbocycles. The van der Waals surface area contributed by atoms with Gasteiger partial charge >= 0.3 is 0 Å². The van der Waals surface area contributed by atoms with Crippen molar-refractivity contribution in [1.82, 2.24) is 5.32 Å². The van der Waals surface area contributed by atoms with E-state index in [4.69, 9.17) is 21.1 Å². The van der Waals surface area contributed by atoms with Crippen LogP contribution in [0, 0.1) is 0 Å². The highest BCUT2D eigenvalue weighted by atomic mass is 35.5. The monoisotopic (exact) mass is 358 g/mol. The molecule has 2 aliphatic rings. The number of hydrogen-bond acceptors (Lipinski definition) is 5. The maximum absolute atomic E-state index is 12.1. The van der Waals surface area contributed by atoms with Gasteiger partial charge in [0.15, 0.2) is 16.7 Å². The Balaban J connectivity index is 1.56. The average molecular weight is 359 g/mol. The molecule has 2 heterocycles. The molecule has 1 N–H and O–H groups in total. The van der Waals surface area contributed by atoms with E-state index in [0.29, 0.717) is 26.6 Å². The molecule has 2 aromatic rings. The molecular weight excluding hydrogens is 348 g/mol. The minimum Gasteiger partial charge on any atom is -0.454 e. The summed E-state index contributed by atoms with van der Waals surface area (Å²) in [5, 5.41) is 3.94. The van der Waals surface area contributed by atoms with Crippen LogP contribution in [-0.4, -0.2) is 17.9 Å². The smallest absolute Gasteiger partial charge is 0.264 e. The van der Waals surface area contributed by atoms with Crippen molar-refractivity contribution in [3.05, 3.63) is 58.0 Å². The third-order valence-corrected chi connectivity index (χ3v) is 4.56. The van der Waals surface area contributed by atoms with Crippen molar-refractivity contribution in [2.45, 2.75) is 0 Å². The fourth-order valence-corrected chi connectivity index (χ4v) is 3.24. The number of aliphatic imine (C=N–C) groups is 1. The number of nitrogens with zero attached hydrogens (tertiary/aromatic N) is 1. The number of thioether (sulfide) groups is 1. The molecule has 0 spiro atoms. The molecule has 2 aromatic carbocycles.